The highest BCUT2D eigenvalue weighted by Gasteiger charge is 2.02. The van der Waals surface area contributed by atoms with Gasteiger partial charge in [-0.25, -0.2) is 0 Å². The maximum Gasteiger partial charge on any atom is 0.191 e. The number of halogens is 1. The number of rotatable bonds is 9. The first kappa shape index (κ1) is 22.1. The van der Waals surface area contributed by atoms with Gasteiger partial charge in [0.1, 0.15) is 0 Å². The van der Waals surface area contributed by atoms with Gasteiger partial charge in [-0.05, 0) is 32.0 Å². The number of hydrogen-bond acceptors (Lipinski definition) is 4. The molecule has 0 bridgehead atoms. The molecule has 2 N–H and O–H groups in total. The first-order chi connectivity index (χ1) is 10.7. The summed E-state index contributed by atoms with van der Waals surface area (Å²) in [5, 5.41) is 6.61. The number of ether oxygens (including phenoxy) is 1. The topological polar surface area (TPSA) is 61.8 Å². The lowest BCUT2D eigenvalue weighted by atomic mass is 10.2. The Morgan fingerprint density at radius 3 is 2.78 bits per heavy atom. The van der Waals surface area contributed by atoms with Crippen LogP contribution in [0, 0.1) is 6.92 Å². The van der Waals surface area contributed by atoms with E-state index >= 15 is 0 Å². The molecule has 0 radical (unpaired) electrons. The Balaban J connectivity index is 0.00000484. The van der Waals surface area contributed by atoms with Crippen LogP contribution in [0.2, 0.25) is 0 Å². The highest BCUT2D eigenvalue weighted by atomic mass is 127. The third kappa shape index (κ3) is 9.72. The second-order valence-electron chi connectivity index (χ2n) is 5.27. The third-order valence-corrected chi connectivity index (χ3v) is 3.44. The number of aliphatic imine (C=N–C) groups is 1. The van der Waals surface area contributed by atoms with Gasteiger partial charge < -0.3 is 20.3 Å². The Hall–Kier alpha value is -0.930. The Morgan fingerprint density at radius 2 is 2.13 bits per heavy atom. The Bertz CT molecular complexity index is 456. The fourth-order valence-electron chi connectivity index (χ4n) is 2.05. The van der Waals surface area contributed by atoms with E-state index in [1.54, 1.807) is 14.2 Å². The smallest absolute Gasteiger partial charge is 0.191 e. The first-order valence-electron chi connectivity index (χ1n) is 7.70. The van der Waals surface area contributed by atoms with E-state index in [1.165, 1.54) is 5.56 Å². The van der Waals surface area contributed by atoms with Gasteiger partial charge in [-0.2, -0.15) is 0 Å². The molecule has 1 aromatic rings. The SMILES string of the molecule is CN=C(NCCN(C)CCCOC)NCc1ncccc1C.I. The summed E-state index contributed by atoms with van der Waals surface area (Å²) in [7, 11) is 5.63. The number of methoxy groups -OCH3 is 1. The first-order valence-corrected chi connectivity index (χ1v) is 7.70. The van der Waals surface area contributed by atoms with E-state index in [1.807, 2.05) is 12.3 Å². The van der Waals surface area contributed by atoms with Gasteiger partial charge in [0.25, 0.3) is 0 Å². The third-order valence-electron chi connectivity index (χ3n) is 3.44. The number of nitrogens with zero attached hydrogens (tertiary/aromatic N) is 3. The number of nitrogens with one attached hydrogen (secondary N) is 2. The molecule has 0 saturated carbocycles. The molecule has 0 spiro atoms. The van der Waals surface area contributed by atoms with Crippen molar-refractivity contribution in [3.63, 3.8) is 0 Å². The highest BCUT2D eigenvalue weighted by molar-refractivity contribution is 14.0. The molecule has 0 amide bonds. The van der Waals surface area contributed by atoms with E-state index in [9.17, 15) is 0 Å². The van der Waals surface area contributed by atoms with Crippen molar-refractivity contribution in [3.05, 3.63) is 29.6 Å². The van der Waals surface area contributed by atoms with Crippen molar-refractivity contribution in [1.29, 1.82) is 0 Å². The minimum absolute atomic E-state index is 0. The number of guanidine groups is 1. The minimum atomic E-state index is 0. The number of hydrogen-bond donors (Lipinski definition) is 2. The van der Waals surface area contributed by atoms with Crippen molar-refractivity contribution in [1.82, 2.24) is 20.5 Å². The second-order valence-corrected chi connectivity index (χ2v) is 5.27. The van der Waals surface area contributed by atoms with Crippen LogP contribution >= 0.6 is 24.0 Å². The highest BCUT2D eigenvalue weighted by Crippen LogP contribution is 2.01. The van der Waals surface area contributed by atoms with E-state index < -0.39 is 0 Å². The molecule has 0 aliphatic carbocycles. The van der Waals surface area contributed by atoms with Crippen LogP contribution in [0.15, 0.2) is 23.3 Å². The van der Waals surface area contributed by atoms with Crippen LogP contribution in [0.5, 0.6) is 0 Å². The molecule has 0 aliphatic rings. The molecule has 1 rings (SSSR count). The van der Waals surface area contributed by atoms with Gasteiger partial charge in [0.15, 0.2) is 5.96 Å². The van der Waals surface area contributed by atoms with Crippen LogP contribution in [0.3, 0.4) is 0 Å². The zero-order chi connectivity index (χ0) is 16.2. The van der Waals surface area contributed by atoms with Gasteiger partial charge >= 0.3 is 0 Å². The van der Waals surface area contributed by atoms with E-state index in [2.05, 4.69) is 45.5 Å². The molecular formula is C16H30IN5O. The van der Waals surface area contributed by atoms with Crippen LogP contribution in [0.25, 0.3) is 0 Å². The normalized spacial score (nSPS) is 11.3. The lowest BCUT2D eigenvalue weighted by molar-refractivity contribution is 0.180. The van der Waals surface area contributed by atoms with Gasteiger partial charge in [0.2, 0.25) is 0 Å². The fraction of sp³-hybridized carbons (Fsp3) is 0.625. The summed E-state index contributed by atoms with van der Waals surface area (Å²) in [6.07, 6.45) is 2.87. The summed E-state index contributed by atoms with van der Waals surface area (Å²) in [6, 6.07) is 4.01. The van der Waals surface area contributed by atoms with E-state index in [0.717, 1.165) is 44.3 Å². The van der Waals surface area contributed by atoms with Crippen molar-refractivity contribution in [2.75, 3.05) is 47.4 Å². The van der Waals surface area contributed by atoms with Gasteiger partial charge in [0.05, 0.1) is 12.2 Å². The predicted octanol–water partition coefficient (Wildman–Crippen LogP) is 1.64. The molecule has 23 heavy (non-hydrogen) atoms. The van der Waals surface area contributed by atoms with Crippen LogP contribution in [0.1, 0.15) is 17.7 Å². The van der Waals surface area contributed by atoms with Gasteiger partial charge in [-0.1, -0.05) is 6.07 Å². The minimum Gasteiger partial charge on any atom is -0.385 e. The average Bonchev–Trinajstić information content (AvgIpc) is 2.52. The molecule has 7 heteroatoms. The molecule has 132 valence electrons. The largest absolute Gasteiger partial charge is 0.385 e. The number of aromatic nitrogens is 1. The zero-order valence-electron chi connectivity index (χ0n) is 14.6. The molecule has 0 unspecified atom stereocenters. The molecular weight excluding hydrogens is 405 g/mol. The molecule has 1 aromatic heterocycles. The Morgan fingerprint density at radius 1 is 1.35 bits per heavy atom. The van der Waals surface area contributed by atoms with E-state index in [4.69, 9.17) is 4.74 Å². The van der Waals surface area contributed by atoms with Crippen LogP contribution in [0.4, 0.5) is 0 Å². The Labute approximate surface area is 157 Å². The van der Waals surface area contributed by atoms with Gasteiger partial charge in [0, 0.05) is 46.6 Å². The number of pyridine rings is 1. The van der Waals surface area contributed by atoms with Crippen LogP contribution < -0.4 is 10.6 Å². The van der Waals surface area contributed by atoms with E-state index in [0.29, 0.717) is 6.54 Å². The predicted molar refractivity (Wildman–Crippen MR) is 107 cm³/mol. The summed E-state index contributed by atoms with van der Waals surface area (Å²) in [5.74, 6) is 0.801. The van der Waals surface area contributed by atoms with Crippen molar-refractivity contribution in [2.45, 2.75) is 19.9 Å². The molecule has 6 nitrogen and oxygen atoms in total. The fourth-order valence-corrected chi connectivity index (χ4v) is 2.05. The van der Waals surface area contributed by atoms with Crippen molar-refractivity contribution < 1.29 is 4.74 Å². The molecule has 0 aromatic carbocycles. The Kier molecular flexibility index (Phi) is 13.0. The molecule has 0 fully saturated rings. The maximum absolute atomic E-state index is 5.06. The van der Waals surface area contributed by atoms with Gasteiger partial charge in [-0.3, -0.25) is 9.98 Å². The number of likely N-dealkylation sites (N-methyl/N-ethyl adjacent to an activating group) is 1. The monoisotopic (exact) mass is 435 g/mol. The lowest BCUT2D eigenvalue weighted by Crippen LogP contribution is -2.41. The van der Waals surface area contributed by atoms with Gasteiger partial charge in [-0.15, -0.1) is 24.0 Å². The van der Waals surface area contributed by atoms with Crippen molar-refractivity contribution in [2.24, 2.45) is 4.99 Å². The van der Waals surface area contributed by atoms with E-state index in [-0.39, 0.29) is 24.0 Å². The van der Waals surface area contributed by atoms with Crippen molar-refractivity contribution in [3.8, 4) is 0 Å². The molecule has 0 aliphatic heterocycles. The quantitative estimate of drug-likeness (QED) is 0.267. The summed E-state index contributed by atoms with van der Waals surface area (Å²) < 4.78 is 5.06. The summed E-state index contributed by atoms with van der Waals surface area (Å²) >= 11 is 0. The summed E-state index contributed by atoms with van der Waals surface area (Å²) in [5.41, 5.74) is 2.23. The standard InChI is InChI=1S/C16H29N5O.HI/c1-14-7-5-8-18-15(14)13-20-16(17-2)19-9-11-21(3)10-6-12-22-4;/h5,7-8H,6,9-13H2,1-4H3,(H2,17,19,20);1H. The number of aryl methyl sites for hydroxylation is 1. The summed E-state index contributed by atoms with van der Waals surface area (Å²) in [6.45, 7) is 6.40. The average molecular weight is 435 g/mol. The summed E-state index contributed by atoms with van der Waals surface area (Å²) in [4.78, 5) is 10.9. The van der Waals surface area contributed by atoms with Crippen LogP contribution in [-0.4, -0.2) is 63.3 Å². The molecule has 0 saturated heterocycles. The molecule has 0 atom stereocenters. The van der Waals surface area contributed by atoms with Crippen molar-refractivity contribution >= 4 is 29.9 Å². The zero-order valence-corrected chi connectivity index (χ0v) is 17.0. The van der Waals surface area contributed by atoms with Crippen LogP contribution in [-0.2, 0) is 11.3 Å². The lowest BCUT2D eigenvalue weighted by Gasteiger charge is -2.18. The maximum atomic E-state index is 5.06. The second kappa shape index (κ2) is 13.5. The molecule has 1 heterocycles.